The summed E-state index contributed by atoms with van der Waals surface area (Å²) in [6.45, 7) is 0.608. The first-order valence-electron chi connectivity index (χ1n) is 16.8. The maximum atomic E-state index is 13.5. The Balaban J connectivity index is 1.18. The molecule has 1 unspecified atom stereocenters. The number of hydrogen-bond acceptors (Lipinski definition) is 8. The summed E-state index contributed by atoms with van der Waals surface area (Å²) in [5.74, 6) is -0.0523. The highest BCUT2D eigenvalue weighted by atomic mass is 16.5. The minimum Gasteiger partial charge on any atom is -0.459 e. The topological polar surface area (TPSA) is 170 Å². The summed E-state index contributed by atoms with van der Waals surface area (Å²) in [7, 11) is 1.93. The van der Waals surface area contributed by atoms with Gasteiger partial charge in [-0.2, -0.15) is 0 Å². The number of esters is 1. The van der Waals surface area contributed by atoms with E-state index in [9.17, 15) is 14.4 Å². The van der Waals surface area contributed by atoms with Crippen molar-refractivity contribution < 1.29 is 29.1 Å². The van der Waals surface area contributed by atoms with E-state index in [-0.39, 0.29) is 19.0 Å². The van der Waals surface area contributed by atoms with Gasteiger partial charge in [0.05, 0.1) is 11.0 Å². The fourth-order valence-corrected chi connectivity index (χ4v) is 5.53. The number of alkyl carbamates (subject to hydrolysis) is 1. The zero-order chi connectivity index (χ0) is 36.0. The summed E-state index contributed by atoms with van der Waals surface area (Å²) >= 11 is 0. The molecule has 0 saturated heterocycles. The largest absolute Gasteiger partial charge is 0.459 e. The summed E-state index contributed by atoms with van der Waals surface area (Å²) in [5.41, 5.74) is 11.0. The molecule has 0 spiro atoms. The van der Waals surface area contributed by atoms with Crippen LogP contribution in [0.25, 0.3) is 11.0 Å². The first-order valence-corrected chi connectivity index (χ1v) is 16.8. The van der Waals surface area contributed by atoms with E-state index in [4.69, 9.17) is 25.4 Å². The average Bonchev–Trinajstić information content (AvgIpc) is 3.49. The van der Waals surface area contributed by atoms with E-state index in [0.29, 0.717) is 48.9 Å². The predicted molar refractivity (Wildman–Crippen MR) is 193 cm³/mol. The standard InChI is InChI=1S/C39H42N6O6/c1-45-34-21-20-31(24-33(34)42-35(45)22-17-27-15-18-30(19-16-27)36(40)44-49)37(46)43-32(38(47)50-25-28-10-4-2-5-11-28)14-8-9-23-41-39(48)51-26-29-12-6-3-7-13-29/h2-7,10-13,15-16,18-21,24,32,49H,8-9,14,17,22-23,25-26H2,1H3,(H2,40,44)(H,41,48)(H,43,46). The second-order valence-corrected chi connectivity index (χ2v) is 12.1. The number of rotatable bonds is 16. The minimum absolute atomic E-state index is 0.0541. The Morgan fingerprint density at radius 3 is 2.14 bits per heavy atom. The number of benzene rings is 4. The van der Waals surface area contributed by atoms with Gasteiger partial charge < -0.3 is 35.6 Å². The van der Waals surface area contributed by atoms with Gasteiger partial charge in [-0.3, -0.25) is 4.79 Å². The lowest BCUT2D eigenvalue weighted by Crippen LogP contribution is -2.42. The molecule has 264 valence electrons. The Morgan fingerprint density at radius 1 is 0.824 bits per heavy atom. The van der Waals surface area contributed by atoms with Gasteiger partial charge in [0, 0.05) is 31.1 Å². The van der Waals surface area contributed by atoms with Crippen molar-refractivity contribution in [1.29, 1.82) is 0 Å². The number of amidine groups is 1. The molecule has 0 bridgehead atoms. The molecule has 51 heavy (non-hydrogen) atoms. The molecule has 1 heterocycles. The number of fused-ring (bicyclic) bond motifs is 1. The van der Waals surface area contributed by atoms with Crippen LogP contribution in [0.3, 0.4) is 0 Å². The van der Waals surface area contributed by atoms with Crippen LogP contribution in [0.15, 0.2) is 108 Å². The molecule has 1 atom stereocenters. The SMILES string of the molecule is Cn1c(CCc2ccc(/C(N)=N/O)cc2)nc2cc(C(=O)NC(CCCCNC(=O)OCc3ccccc3)C(=O)OCc3ccccc3)ccc21. The zero-order valence-electron chi connectivity index (χ0n) is 28.5. The number of aromatic nitrogens is 2. The number of carbonyl (C=O) groups is 3. The molecule has 0 aliphatic rings. The van der Waals surface area contributed by atoms with E-state index in [2.05, 4.69) is 15.8 Å². The molecule has 12 nitrogen and oxygen atoms in total. The van der Waals surface area contributed by atoms with E-state index in [1.165, 1.54) is 0 Å². The van der Waals surface area contributed by atoms with Crippen molar-refractivity contribution in [3.8, 4) is 0 Å². The molecule has 0 aliphatic heterocycles. The fourth-order valence-electron chi connectivity index (χ4n) is 5.53. The molecule has 5 rings (SSSR count). The molecule has 0 aliphatic carbocycles. The molecule has 0 radical (unpaired) electrons. The molecular weight excluding hydrogens is 648 g/mol. The Morgan fingerprint density at radius 2 is 1.47 bits per heavy atom. The molecule has 4 aromatic carbocycles. The number of oxime groups is 1. The maximum Gasteiger partial charge on any atom is 0.407 e. The van der Waals surface area contributed by atoms with Gasteiger partial charge in [-0.15, -0.1) is 0 Å². The van der Waals surface area contributed by atoms with Crippen LogP contribution in [0.2, 0.25) is 0 Å². The van der Waals surface area contributed by atoms with Crippen LogP contribution in [-0.4, -0.2) is 51.2 Å². The number of nitrogens with two attached hydrogens (primary N) is 1. The minimum atomic E-state index is -0.897. The van der Waals surface area contributed by atoms with Crippen molar-refractivity contribution in [3.63, 3.8) is 0 Å². The highest BCUT2D eigenvalue weighted by molar-refractivity contribution is 5.99. The van der Waals surface area contributed by atoms with Crippen molar-refractivity contribution in [2.45, 2.75) is 51.4 Å². The highest BCUT2D eigenvalue weighted by Gasteiger charge is 2.23. The number of nitrogens with one attached hydrogen (secondary N) is 2. The molecule has 12 heteroatoms. The van der Waals surface area contributed by atoms with Crippen LogP contribution in [-0.2, 0) is 47.4 Å². The molecule has 5 N–H and O–H groups in total. The molecule has 0 fully saturated rings. The predicted octanol–water partition coefficient (Wildman–Crippen LogP) is 5.39. The average molecular weight is 691 g/mol. The number of nitrogens with zero attached hydrogens (tertiary/aromatic N) is 3. The van der Waals surface area contributed by atoms with Gasteiger partial charge in [0.15, 0.2) is 5.84 Å². The van der Waals surface area contributed by atoms with E-state index in [0.717, 1.165) is 34.5 Å². The third kappa shape index (κ3) is 10.4. The van der Waals surface area contributed by atoms with Crippen molar-refractivity contribution in [3.05, 3.63) is 137 Å². The van der Waals surface area contributed by atoms with Crippen LogP contribution in [0, 0.1) is 0 Å². The molecular formula is C39H42N6O6. The molecule has 0 saturated carbocycles. The number of hydrogen-bond donors (Lipinski definition) is 4. The number of unbranched alkanes of at least 4 members (excludes halogenated alkanes) is 1. The van der Waals surface area contributed by atoms with Gasteiger partial charge in [-0.1, -0.05) is 90.1 Å². The summed E-state index contributed by atoms with van der Waals surface area (Å²) < 4.78 is 12.8. The normalized spacial score (nSPS) is 11.9. The zero-order valence-corrected chi connectivity index (χ0v) is 28.5. The number of amides is 2. The van der Waals surface area contributed by atoms with Gasteiger partial charge in [0.2, 0.25) is 0 Å². The number of ether oxygens (including phenoxy) is 2. The van der Waals surface area contributed by atoms with Crippen LogP contribution >= 0.6 is 0 Å². The third-order valence-corrected chi connectivity index (χ3v) is 8.45. The number of aryl methyl sites for hydroxylation is 3. The molecule has 1 aromatic heterocycles. The fraction of sp³-hybridized carbons (Fsp3) is 0.256. The van der Waals surface area contributed by atoms with Crippen molar-refractivity contribution in [1.82, 2.24) is 20.2 Å². The Hall–Kier alpha value is -6.17. The highest BCUT2D eigenvalue weighted by Crippen LogP contribution is 2.19. The van der Waals surface area contributed by atoms with Gasteiger partial charge >= 0.3 is 12.1 Å². The monoisotopic (exact) mass is 690 g/mol. The number of imidazole rings is 1. The lowest BCUT2D eigenvalue weighted by molar-refractivity contribution is -0.147. The summed E-state index contributed by atoms with van der Waals surface area (Å²) in [5, 5.41) is 17.5. The van der Waals surface area contributed by atoms with E-state index >= 15 is 0 Å². The van der Waals surface area contributed by atoms with Gasteiger partial charge in [-0.05, 0) is 60.6 Å². The van der Waals surface area contributed by atoms with Gasteiger partial charge in [-0.25, -0.2) is 14.6 Å². The first kappa shape index (κ1) is 36.1. The van der Waals surface area contributed by atoms with E-state index in [1.54, 1.807) is 24.3 Å². The maximum absolute atomic E-state index is 13.5. The van der Waals surface area contributed by atoms with Crippen molar-refractivity contribution >= 4 is 34.8 Å². The Labute approximate surface area is 296 Å². The third-order valence-electron chi connectivity index (χ3n) is 8.45. The van der Waals surface area contributed by atoms with Crippen LogP contribution in [0.1, 0.15) is 57.7 Å². The second kappa shape index (κ2) is 18.0. The van der Waals surface area contributed by atoms with Gasteiger partial charge in [0.25, 0.3) is 5.91 Å². The van der Waals surface area contributed by atoms with Crippen molar-refractivity contribution in [2.75, 3.05) is 6.54 Å². The van der Waals surface area contributed by atoms with E-state index in [1.807, 2.05) is 90.5 Å². The van der Waals surface area contributed by atoms with Crippen LogP contribution < -0.4 is 16.4 Å². The van der Waals surface area contributed by atoms with E-state index < -0.39 is 24.0 Å². The summed E-state index contributed by atoms with van der Waals surface area (Å²) in [4.78, 5) is 43.6. The van der Waals surface area contributed by atoms with Crippen LogP contribution in [0.5, 0.6) is 0 Å². The lowest BCUT2D eigenvalue weighted by atomic mass is 10.1. The van der Waals surface area contributed by atoms with Gasteiger partial charge in [0.1, 0.15) is 25.1 Å². The smallest absolute Gasteiger partial charge is 0.407 e. The molecule has 2 amide bonds. The number of carbonyl (C=O) groups excluding carboxylic acids is 3. The lowest BCUT2D eigenvalue weighted by Gasteiger charge is -2.18. The van der Waals surface area contributed by atoms with Crippen LogP contribution in [0.4, 0.5) is 4.79 Å². The Bertz CT molecular complexity index is 1940. The van der Waals surface area contributed by atoms with Crippen molar-refractivity contribution in [2.24, 2.45) is 17.9 Å². The quantitative estimate of drug-likeness (QED) is 0.0267. The first-order chi connectivity index (χ1) is 24.8. The second-order valence-electron chi connectivity index (χ2n) is 12.1. The summed E-state index contributed by atoms with van der Waals surface area (Å²) in [6.07, 6.45) is 2.28. The Kier molecular flexibility index (Phi) is 12.7. The molecule has 5 aromatic rings. The summed E-state index contributed by atoms with van der Waals surface area (Å²) in [6, 6.07) is 30.6.